The van der Waals surface area contributed by atoms with Crippen molar-refractivity contribution in [3.05, 3.63) is 64.9 Å². The Labute approximate surface area is 169 Å². The number of rotatable bonds is 8. The zero-order valence-corrected chi connectivity index (χ0v) is 17.4. The van der Waals surface area contributed by atoms with Crippen LogP contribution in [0.5, 0.6) is 0 Å². The highest BCUT2D eigenvalue weighted by Crippen LogP contribution is 2.42. The largest absolute Gasteiger partial charge is 0.383 e. The van der Waals surface area contributed by atoms with E-state index in [9.17, 15) is 17.4 Å². The van der Waals surface area contributed by atoms with Crippen LogP contribution in [0.1, 0.15) is 22.5 Å². The molecule has 9 heteroatoms. The fourth-order valence-electron chi connectivity index (χ4n) is 3.62. The van der Waals surface area contributed by atoms with E-state index in [-0.39, 0.29) is 12.4 Å². The topological polar surface area (TPSA) is 89.8 Å². The predicted octanol–water partition coefficient (Wildman–Crippen LogP) is 3.13. The third kappa shape index (κ3) is 4.53. The molecule has 0 saturated carbocycles. The quantitative estimate of drug-likeness (QED) is 0.633. The second-order valence-electron chi connectivity index (χ2n) is 7.09. The van der Waals surface area contributed by atoms with Crippen molar-refractivity contribution in [1.29, 1.82) is 0 Å². The van der Waals surface area contributed by atoms with Gasteiger partial charge in [-0.15, -0.1) is 0 Å². The third-order valence-corrected chi connectivity index (χ3v) is 5.93. The number of methoxy groups -OCH3 is 1. The van der Waals surface area contributed by atoms with E-state index >= 15 is 0 Å². The second kappa shape index (κ2) is 8.27. The summed E-state index contributed by atoms with van der Waals surface area (Å²) in [5, 5.41) is 3.17. The molecule has 7 nitrogen and oxygen atoms in total. The van der Waals surface area contributed by atoms with Crippen LogP contribution in [0.2, 0.25) is 0 Å². The van der Waals surface area contributed by atoms with Crippen LogP contribution in [-0.2, 0) is 38.3 Å². The molecule has 0 fully saturated rings. The van der Waals surface area contributed by atoms with Crippen molar-refractivity contribution in [3.63, 3.8) is 0 Å². The number of hydrogen-bond donors (Lipinski definition) is 2. The van der Waals surface area contributed by atoms with Crippen molar-refractivity contribution in [2.75, 3.05) is 24.8 Å². The van der Waals surface area contributed by atoms with E-state index in [0.717, 1.165) is 16.9 Å². The van der Waals surface area contributed by atoms with E-state index in [2.05, 4.69) is 5.32 Å². The van der Waals surface area contributed by atoms with Gasteiger partial charge in [-0.3, -0.25) is 4.55 Å². The number of ether oxygens (including phenoxy) is 2. The summed E-state index contributed by atoms with van der Waals surface area (Å²) in [5.74, 6) is -1.02. The molecule has 29 heavy (non-hydrogen) atoms. The average Bonchev–Trinajstić information content (AvgIpc) is 2.90. The van der Waals surface area contributed by atoms with Crippen LogP contribution in [0.15, 0.2) is 36.5 Å². The van der Waals surface area contributed by atoms with Gasteiger partial charge in [-0.1, -0.05) is 12.1 Å². The minimum atomic E-state index is -4.39. The van der Waals surface area contributed by atoms with Crippen molar-refractivity contribution in [2.24, 2.45) is 0 Å². The molecule has 2 aromatic rings. The number of aromatic nitrogens is 1. The molecule has 1 aliphatic rings. The lowest BCUT2D eigenvalue weighted by Crippen LogP contribution is -2.40. The molecule has 1 unspecified atom stereocenters. The molecule has 1 atom stereocenters. The van der Waals surface area contributed by atoms with Gasteiger partial charge in [-0.25, -0.2) is 4.39 Å². The van der Waals surface area contributed by atoms with Gasteiger partial charge in [0.15, 0.2) is 0 Å². The fourth-order valence-corrected chi connectivity index (χ4v) is 4.48. The monoisotopic (exact) mass is 424 g/mol. The number of hydrogen-bond acceptors (Lipinski definition) is 5. The molecule has 0 radical (unpaired) electrons. The summed E-state index contributed by atoms with van der Waals surface area (Å²) in [4.78, 5) is 0. The first kappa shape index (κ1) is 21.5. The molecular formula is C20H25FN2O5S. The van der Waals surface area contributed by atoms with Crippen molar-refractivity contribution >= 4 is 15.8 Å². The van der Waals surface area contributed by atoms with Crippen molar-refractivity contribution in [1.82, 2.24) is 4.57 Å². The molecule has 2 N–H and O–H groups in total. The molecule has 0 bridgehead atoms. The third-order valence-electron chi connectivity index (χ3n) is 5.14. The number of nitrogens with zero attached hydrogens (tertiary/aromatic N) is 1. The Kier molecular flexibility index (Phi) is 6.13. The molecule has 1 aliphatic heterocycles. The lowest BCUT2D eigenvalue weighted by atomic mass is 9.96. The summed E-state index contributed by atoms with van der Waals surface area (Å²) in [7, 11) is -2.80. The number of fused-ring (bicyclic) bond motifs is 1. The summed E-state index contributed by atoms with van der Waals surface area (Å²) in [5.41, 5.74) is 2.49. The van der Waals surface area contributed by atoms with Crippen LogP contribution in [0.3, 0.4) is 0 Å². The standard InChI is InChI=1S/C20H25FN2O5S/c1-14-15(2)23(10-11-27-3)19-18(14)22-9-8-20(19,13-29(24,25)26)28-12-16-4-6-17(21)7-5-16/h4-9,22H,10-13H2,1-3H3,(H,24,25,26). The Balaban J connectivity index is 2.09. The van der Waals surface area contributed by atoms with E-state index in [1.807, 2.05) is 18.4 Å². The SMILES string of the molecule is COCCn1c(C)c(C)c2c1C(CS(=O)(=O)O)(OCc1ccc(F)cc1)C=CN2. The van der Waals surface area contributed by atoms with Crippen molar-refractivity contribution in [3.8, 4) is 0 Å². The zero-order chi connectivity index (χ0) is 21.2. The maximum absolute atomic E-state index is 13.2. The van der Waals surface area contributed by atoms with Gasteiger partial charge in [0.25, 0.3) is 10.1 Å². The number of halogens is 1. The van der Waals surface area contributed by atoms with Crippen LogP contribution in [0.4, 0.5) is 10.1 Å². The highest BCUT2D eigenvalue weighted by molar-refractivity contribution is 7.85. The molecule has 0 spiro atoms. The first-order valence-corrected chi connectivity index (χ1v) is 10.7. The van der Waals surface area contributed by atoms with Crippen LogP contribution >= 0.6 is 0 Å². The predicted molar refractivity (Wildman–Crippen MR) is 108 cm³/mol. The van der Waals surface area contributed by atoms with Crippen LogP contribution < -0.4 is 5.32 Å². The Hall–Kier alpha value is -2.20. The van der Waals surface area contributed by atoms with Gasteiger partial charge in [0.1, 0.15) is 17.2 Å². The smallest absolute Gasteiger partial charge is 0.268 e. The summed E-state index contributed by atoms with van der Waals surface area (Å²) in [6.45, 7) is 4.81. The highest BCUT2D eigenvalue weighted by Gasteiger charge is 2.43. The van der Waals surface area contributed by atoms with Crippen LogP contribution in [0, 0.1) is 19.7 Å². The van der Waals surface area contributed by atoms with Gasteiger partial charge >= 0.3 is 0 Å². The summed E-state index contributed by atoms with van der Waals surface area (Å²) >= 11 is 0. The summed E-state index contributed by atoms with van der Waals surface area (Å²) in [6, 6.07) is 5.77. The minimum absolute atomic E-state index is 0.0349. The second-order valence-corrected chi connectivity index (χ2v) is 8.54. The molecule has 0 aliphatic carbocycles. The Morgan fingerprint density at radius 3 is 2.55 bits per heavy atom. The average molecular weight is 424 g/mol. The van der Waals surface area contributed by atoms with Gasteiger partial charge in [-0.2, -0.15) is 8.42 Å². The maximum Gasteiger partial charge on any atom is 0.268 e. The fraction of sp³-hybridized carbons (Fsp3) is 0.400. The van der Waals surface area contributed by atoms with Crippen LogP contribution in [0.25, 0.3) is 0 Å². The maximum atomic E-state index is 13.2. The van der Waals surface area contributed by atoms with E-state index in [1.165, 1.54) is 12.1 Å². The van der Waals surface area contributed by atoms with Gasteiger partial charge in [-0.05, 0) is 43.2 Å². The zero-order valence-electron chi connectivity index (χ0n) is 16.6. The van der Waals surface area contributed by atoms with Gasteiger partial charge in [0.05, 0.1) is 24.6 Å². The highest BCUT2D eigenvalue weighted by atomic mass is 32.2. The van der Waals surface area contributed by atoms with E-state index in [1.54, 1.807) is 31.5 Å². The number of benzene rings is 1. The van der Waals surface area contributed by atoms with E-state index in [0.29, 0.717) is 24.4 Å². The Morgan fingerprint density at radius 1 is 1.24 bits per heavy atom. The summed E-state index contributed by atoms with van der Waals surface area (Å²) < 4.78 is 60.0. The molecule has 3 rings (SSSR count). The van der Waals surface area contributed by atoms with Gasteiger partial charge in [0.2, 0.25) is 0 Å². The van der Waals surface area contributed by atoms with Gasteiger partial charge in [0, 0.05) is 25.5 Å². The molecule has 0 saturated heterocycles. The summed E-state index contributed by atoms with van der Waals surface area (Å²) in [6.07, 6.45) is 3.21. The lowest BCUT2D eigenvalue weighted by Gasteiger charge is -2.35. The molecule has 1 aromatic carbocycles. The first-order chi connectivity index (χ1) is 13.7. The van der Waals surface area contributed by atoms with E-state index < -0.39 is 21.5 Å². The molecule has 158 valence electrons. The Bertz CT molecular complexity index is 1010. The van der Waals surface area contributed by atoms with Gasteiger partial charge < -0.3 is 19.4 Å². The molecule has 2 heterocycles. The first-order valence-electron chi connectivity index (χ1n) is 9.14. The molecule has 1 aromatic heterocycles. The molecule has 0 amide bonds. The van der Waals surface area contributed by atoms with Crippen molar-refractivity contribution < 1.29 is 26.8 Å². The number of nitrogens with one attached hydrogen (secondary N) is 1. The van der Waals surface area contributed by atoms with Crippen molar-refractivity contribution in [2.45, 2.75) is 32.6 Å². The lowest BCUT2D eigenvalue weighted by molar-refractivity contribution is -0.0151. The Morgan fingerprint density at radius 2 is 1.93 bits per heavy atom. The number of anilines is 1. The molecular weight excluding hydrogens is 399 g/mol. The van der Waals surface area contributed by atoms with Crippen LogP contribution in [-0.4, -0.2) is 37.0 Å². The minimum Gasteiger partial charge on any atom is -0.383 e. The normalized spacial score (nSPS) is 18.5. The van der Waals surface area contributed by atoms with E-state index in [4.69, 9.17) is 9.47 Å².